The van der Waals surface area contributed by atoms with Crippen LogP contribution in [0.5, 0.6) is 0 Å². The number of imidazole rings is 1. The molecule has 164 valence electrons. The van der Waals surface area contributed by atoms with Crippen LogP contribution in [0.4, 0.5) is 13.2 Å². The van der Waals surface area contributed by atoms with Gasteiger partial charge in [0.05, 0.1) is 21.3 Å². The highest BCUT2D eigenvalue weighted by atomic mass is 35.5. The highest BCUT2D eigenvalue weighted by molar-refractivity contribution is 7.89. The molecule has 0 unspecified atom stereocenters. The lowest BCUT2D eigenvalue weighted by molar-refractivity contribution is -0.144. The van der Waals surface area contributed by atoms with E-state index in [1.165, 1.54) is 12.1 Å². The minimum atomic E-state index is -4.66. The molecule has 0 aliphatic heterocycles. The molecule has 32 heavy (non-hydrogen) atoms. The van der Waals surface area contributed by atoms with Crippen molar-refractivity contribution in [2.45, 2.75) is 11.1 Å². The summed E-state index contributed by atoms with van der Waals surface area (Å²) in [5, 5.41) is 5.45. The molecule has 0 amide bonds. The Hall–Kier alpha value is -3.14. The second-order valence-electron chi connectivity index (χ2n) is 6.94. The van der Waals surface area contributed by atoms with Gasteiger partial charge in [-0.25, -0.2) is 18.5 Å². The number of aromatic amines is 1. The lowest BCUT2D eigenvalue weighted by Crippen LogP contribution is -2.11. The van der Waals surface area contributed by atoms with Gasteiger partial charge in [-0.3, -0.25) is 0 Å². The SMILES string of the molecule is NS(=O)(=O)c1cccc(-c2ccc(-c3[nH]c(C(F)(F)F)nc3-c3ccccc3Cl)cc2)c1. The molecule has 1 aromatic heterocycles. The quantitative estimate of drug-likeness (QED) is 0.393. The van der Waals surface area contributed by atoms with Crippen LogP contribution in [0.15, 0.2) is 77.7 Å². The van der Waals surface area contributed by atoms with Crippen molar-refractivity contribution < 1.29 is 21.6 Å². The van der Waals surface area contributed by atoms with E-state index in [2.05, 4.69) is 9.97 Å². The molecule has 0 spiro atoms. The molecular weight excluding hydrogens is 463 g/mol. The van der Waals surface area contributed by atoms with E-state index in [-0.39, 0.29) is 21.3 Å². The maximum absolute atomic E-state index is 13.3. The fraction of sp³-hybridized carbons (Fsp3) is 0.0455. The number of H-pyrrole nitrogens is 1. The van der Waals surface area contributed by atoms with Gasteiger partial charge in [0.2, 0.25) is 15.8 Å². The molecule has 4 rings (SSSR count). The number of sulfonamides is 1. The fourth-order valence-corrected chi connectivity index (χ4v) is 4.03. The van der Waals surface area contributed by atoms with E-state index in [4.69, 9.17) is 16.7 Å². The zero-order valence-corrected chi connectivity index (χ0v) is 17.8. The number of benzene rings is 3. The Labute approximate surface area is 186 Å². The molecule has 4 aromatic rings. The van der Waals surface area contributed by atoms with E-state index in [0.29, 0.717) is 22.3 Å². The third-order valence-corrected chi connectivity index (χ3v) is 6.01. The average Bonchev–Trinajstić information content (AvgIpc) is 3.19. The van der Waals surface area contributed by atoms with Crippen LogP contribution in [-0.4, -0.2) is 18.4 Å². The predicted octanol–water partition coefficient (Wildman–Crippen LogP) is 5.73. The summed E-state index contributed by atoms with van der Waals surface area (Å²) in [5.74, 6) is -1.13. The average molecular weight is 478 g/mol. The minimum absolute atomic E-state index is 0.0385. The minimum Gasteiger partial charge on any atom is -0.334 e. The summed E-state index contributed by atoms with van der Waals surface area (Å²) >= 11 is 6.20. The molecule has 5 nitrogen and oxygen atoms in total. The van der Waals surface area contributed by atoms with Gasteiger partial charge in [-0.05, 0) is 29.3 Å². The van der Waals surface area contributed by atoms with Crippen molar-refractivity contribution in [1.82, 2.24) is 9.97 Å². The number of hydrogen-bond donors (Lipinski definition) is 2. The monoisotopic (exact) mass is 477 g/mol. The molecule has 0 aliphatic carbocycles. The maximum atomic E-state index is 13.3. The Morgan fingerprint density at radius 2 is 1.53 bits per heavy atom. The van der Waals surface area contributed by atoms with Gasteiger partial charge in [0.25, 0.3) is 0 Å². The second-order valence-corrected chi connectivity index (χ2v) is 8.91. The number of hydrogen-bond acceptors (Lipinski definition) is 3. The fourth-order valence-electron chi connectivity index (χ4n) is 3.25. The number of alkyl halides is 3. The van der Waals surface area contributed by atoms with Crippen LogP contribution >= 0.6 is 11.6 Å². The first-order valence-corrected chi connectivity index (χ1v) is 11.1. The molecule has 0 saturated carbocycles. The molecule has 0 radical (unpaired) electrons. The van der Waals surface area contributed by atoms with E-state index in [1.807, 2.05) is 0 Å². The van der Waals surface area contributed by atoms with Crippen molar-refractivity contribution in [2.24, 2.45) is 5.14 Å². The van der Waals surface area contributed by atoms with Crippen molar-refractivity contribution in [3.05, 3.63) is 83.6 Å². The van der Waals surface area contributed by atoms with Gasteiger partial charge in [0, 0.05) is 11.1 Å². The van der Waals surface area contributed by atoms with E-state index in [0.717, 1.165) is 0 Å². The molecule has 0 saturated heterocycles. The summed E-state index contributed by atoms with van der Waals surface area (Å²) in [7, 11) is -3.87. The molecule has 3 aromatic carbocycles. The van der Waals surface area contributed by atoms with Crippen LogP contribution < -0.4 is 5.14 Å². The Morgan fingerprint density at radius 1 is 0.875 bits per heavy atom. The van der Waals surface area contributed by atoms with Crippen LogP contribution in [0.3, 0.4) is 0 Å². The standard InChI is InChI=1S/C22H15ClF3N3O2S/c23-18-7-2-1-6-17(18)20-19(28-21(29-20)22(24,25)26)14-10-8-13(9-11-14)15-4-3-5-16(12-15)32(27,30)31/h1-12H,(H,28,29)(H2,27,30,31). The number of nitrogens with zero attached hydrogens (tertiary/aromatic N) is 1. The predicted molar refractivity (Wildman–Crippen MR) is 116 cm³/mol. The molecule has 3 N–H and O–H groups in total. The van der Waals surface area contributed by atoms with Gasteiger partial charge in [-0.2, -0.15) is 13.2 Å². The normalized spacial score (nSPS) is 12.2. The largest absolute Gasteiger partial charge is 0.449 e. The van der Waals surface area contributed by atoms with Crippen LogP contribution in [0.1, 0.15) is 5.82 Å². The number of aromatic nitrogens is 2. The number of nitrogens with two attached hydrogens (primary N) is 1. The zero-order valence-electron chi connectivity index (χ0n) is 16.2. The topological polar surface area (TPSA) is 88.8 Å². The number of primary sulfonamides is 1. The number of halogens is 4. The van der Waals surface area contributed by atoms with E-state index < -0.39 is 22.0 Å². The van der Waals surface area contributed by atoms with Crippen LogP contribution in [0.2, 0.25) is 5.02 Å². The Kier molecular flexibility index (Phi) is 5.58. The Bertz CT molecular complexity index is 1400. The zero-order chi connectivity index (χ0) is 23.1. The van der Waals surface area contributed by atoms with Crippen LogP contribution in [0.25, 0.3) is 33.6 Å². The first-order valence-electron chi connectivity index (χ1n) is 9.20. The number of nitrogens with one attached hydrogen (secondary N) is 1. The summed E-state index contributed by atoms with van der Waals surface area (Å²) < 4.78 is 63.2. The van der Waals surface area contributed by atoms with E-state index >= 15 is 0 Å². The highest BCUT2D eigenvalue weighted by Gasteiger charge is 2.36. The number of rotatable bonds is 4. The van der Waals surface area contributed by atoms with Crippen LogP contribution in [-0.2, 0) is 16.2 Å². The molecule has 0 atom stereocenters. The molecule has 1 heterocycles. The van der Waals surface area contributed by atoms with E-state index in [1.54, 1.807) is 60.7 Å². The van der Waals surface area contributed by atoms with Gasteiger partial charge in [0.15, 0.2) is 0 Å². The molecular formula is C22H15ClF3N3O2S. The van der Waals surface area contributed by atoms with Crippen molar-refractivity contribution in [1.29, 1.82) is 0 Å². The first-order chi connectivity index (χ1) is 15.0. The smallest absolute Gasteiger partial charge is 0.334 e. The third kappa shape index (κ3) is 4.40. The van der Waals surface area contributed by atoms with Gasteiger partial charge in [-0.1, -0.05) is 66.2 Å². The summed E-state index contributed by atoms with van der Waals surface area (Å²) in [6.07, 6.45) is -4.66. The molecule has 0 bridgehead atoms. The summed E-state index contributed by atoms with van der Waals surface area (Å²) in [6, 6.07) is 19.1. The maximum Gasteiger partial charge on any atom is 0.449 e. The summed E-state index contributed by atoms with van der Waals surface area (Å²) in [5.41, 5.74) is 2.31. The van der Waals surface area contributed by atoms with Gasteiger partial charge < -0.3 is 4.98 Å². The molecule has 0 fully saturated rings. The lowest BCUT2D eigenvalue weighted by atomic mass is 10.0. The van der Waals surface area contributed by atoms with Crippen molar-refractivity contribution >= 4 is 21.6 Å². The Morgan fingerprint density at radius 3 is 2.16 bits per heavy atom. The van der Waals surface area contributed by atoms with E-state index in [9.17, 15) is 21.6 Å². The highest BCUT2D eigenvalue weighted by Crippen LogP contribution is 2.38. The first kappa shape index (κ1) is 22.1. The lowest BCUT2D eigenvalue weighted by Gasteiger charge is -2.08. The van der Waals surface area contributed by atoms with Gasteiger partial charge in [0.1, 0.15) is 0 Å². The van der Waals surface area contributed by atoms with Crippen LogP contribution in [0, 0.1) is 0 Å². The Balaban J connectivity index is 1.80. The van der Waals surface area contributed by atoms with Crippen molar-refractivity contribution in [3.63, 3.8) is 0 Å². The molecule has 10 heteroatoms. The summed E-state index contributed by atoms with van der Waals surface area (Å²) in [6.45, 7) is 0. The van der Waals surface area contributed by atoms with Crippen molar-refractivity contribution in [3.8, 4) is 33.6 Å². The van der Waals surface area contributed by atoms with Gasteiger partial charge in [-0.15, -0.1) is 0 Å². The third-order valence-electron chi connectivity index (χ3n) is 4.77. The molecule has 0 aliphatic rings. The summed E-state index contributed by atoms with van der Waals surface area (Å²) in [4.78, 5) is 6.09. The van der Waals surface area contributed by atoms with Crippen molar-refractivity contribution in [2.75, 3.05) is 0 Å². The second kappa shape index (κ2) is 8.09. The van der Waals surface area contributed by atoms with Gasteiger partial charge >= 0.3 is 6.18 Å².